The van der Waals surface area contributed by atoms with Crippen LogP contribution in [-0.2, 0) is 0 Å². The number of guanidine groups is 1. The first-order chi connectivity index (χ1) is 8.09. The number of halogens is 1. The maximum atomic E-state index is 10.2. The van der Waals surface area contributed by atoms with Crippen LogP contribution in [0, 0.1) is 0 Å². The fourth-order valence-corrected chi connectivity index (χ4v) is 2.07. The number of nitrogens with zero attached hydrogens (tertiary/aromatic N) is 1. The van der Waals surface area contributed by atoms with E-state index in [0.717, 1.165) is 44.6 Å². The minimum Gasteiger partial charge on any atom is -0.388 e. The Morgan fingerprint density at radius 1 is 1.33 bits per heavy atom. The van der Waals surface area contributed by atoms with Crippen LogP contribution >= 0.6 is 24.0 Å². The molecule has 1 rings (SSSR count). The van der Waals surface area contributed by atoms with Crippen molar-refractivity contribution in [2.24, 2.45) is 4.99 Å². The summed E-state index contributed by atoms with van der Waals surface area (Å²) in [4.78, 5) is 4.50. The Morgan fingerprint density at radius 2 is 1.94 bits per heavy atom. The molecule has 0 amide bonds. The van der Waals surface area contributed by atoms with E-state index in [1.54, 1.807) is 0 Å². The van der Waals surface area contributed by atoms with E-state index >= 15 is 0 Å². The van der Waals surface area contributed by atoms with Gasteiger partial charge in [0, 0.05) is 12.6 Å². The van der Waals surface area contributed by atoms with Gasteiger partial charge in [0.1, 0.15) is 0 Å². The molecule has 1 fully saturated rings. The lowest BCUT2D eigenvalue weighted by molar-refractivity contribution is 0.0574. The van der Waals surface area contributed by atoms with Gasteiger partial charge in [-0.3, -0.25) is 4.99 Å². The number of hydrogen-bond donors (Lipinski definition) is 3. The zero-order valence-corrected chi connectivity index (χ0v) is 14.2. The van der Waals surface area contributed by atoms with Gasteiger partial charge in [0.15, 0.2) is 5.96 Å². The monoisotopic (exact) mass is 369 g/mol. The average molecular weight is 369 g/mol. The molecule has 1 saturated carbocycles. The van der Waals surface area contributed by atoms with Crippen molar-refractivity contribution >= 4 is 29.9 Å². The second-order valence-corrected chi connectivity index (χ2v) is 5.08. The van der Waals surface area contributed by atoms with Crippen molar-refractivity contribution in [3.05, 3.63) is 0 Å². The fourth-order valence-electron chi connectivity index (χ4n) is 2.07. The predicted molar refractivity (Wildman–Crippen MR) is 87.7 cm³/mol. The molecule has 0 bridgehead atoms. The van der Waals surface area contributed by atoms with E-state index < -0.39 is 5.60 Å². The summed E-state index contributed by atoms with van der Waals surface area (Å²) in [5.41, 5.74) is -0.558. The number of aliphatic hydroxyl groups is 1. The zero-order valence-electron chi connectivity index (χ0n) is 11.8. The third kappa shape index (κ3) is 6.22. The molecule has 0 aliphatic heterocycles. The van der Waals surface area contributed by atoms with Crippen molar-refractivity contribution in [2.45, 2.75) is 64.5 Å². The van der Waals surface area contributed by atoms with Crippen molar-refractivity contribution in [1.29, 1.82) is 0 Å². The minimum absolute atomic E-state index is 0. The van der Waals surface area contributed by atoms with Crippen molar-refractivity contribution in [2.75, 3.05) is 13.1 Å². The van der Waals surface area contributed by atoms with Crippen LogP contribution in [-0.4, -0.2) is 35.8 Å². The number of aliphatic imine (C=N–C) groups is 1. The fraction of sp³-hybridized carbons (Fsp3) is 0.923. The SMILES string of the molecule is CCNC(=NCC1(O)CCCC1)NC(C)CC.I. The van der Waals surface area contributed by atoms with E-state index in [1.165, 1.54) is 0 Å². The van der Waals surface area contributed by atoms with Crippen molar-refractivity contribution in [3.63, 3.8) is 0 Å². The molecular formula is C13H28IN3O. The molecule has 0 saturated heterocycles. The molecule has 0 aromatic rings. The molecule has 18 heavy (non-hydrogen) atoms. The van der Waals surface area contributed by atoms with Gasteiger partial charge in [-0.15, -0.1) is 24.0 Å². The first-order valence-electron chi connectivity index (χ1n) is 6.87. The second-order valence-electron chi connectivity index (χ2n) is 5.08. The summed E-state index contributed by atoms with van der Waals surface area (Å²) >= 11 is 0. The molecule has 0 heterocycles. The molecule has 1 unspecified atom stereocenters. The van der Waals surface area contributed by atoms with E-state index in [1.807, 2.05) is 0 Å². The highest BCUT2D eigenvalue weighted by atomic mass is 127. The maximum absolute atomic E-state index is 10.2. The van der Waals surface area contributed by atoms with Crippen LogP contribution in [0.4, 0.5) is 0 Å². The average Bonchev–Trinajstić information content (AvgIpc) is 2.74. The molecule has 4 nitrogen and oxygen atoms in total. The number of hydrogen-bond acceptors (Lipinski definition) is 2. The second kappa shape index (κ2) is 8.96. The lowest BCUT2D eigenvalue weighted by Gasteiger charge is -2.21. The lowest BCUT2D eigenvalue weighted by Crippen LogP contribution is -2.43. The Hall–Kier alpha value is -0.0400. The van der Waals surface area contributed by atoms with Crippen molar-refractivity contribution < 1.29 is 5.11 Å². The van der Waals surface area contributed by atoms with Crippen molar-refractivity contribution in [1.82, 2.24) is 10.6 Å². The Bertz CT molecular complexity index is 253. The van der Waals surface area contributed by atoms with Gasteiger partial charge >= 0.3 is 0 Å². The molecular weight excluding hydrogens is 341 g/mol. The van der Waals surface area contributed by atoms with E-state index in [0.29, 0.717) is 12.6 Å². The van der Waals surface area contributed by atoms with Gasteiger partial charge < -0.3 is 15.7 Å². The van der Waals surface area contributed by atoms with Gasteiger partial charge in [-0.05, 0) is 33.1 Å². The standard InChI is InChI=1S/C13H27N3O.HI/c1-4-11(3)16-12(14-5-2)15-10-13(17)8-6-7-9-13;/h11,17H,4-10H2,1-3H3,(H2,14,15,16);1H. The van der Waals surface area contributed by atoms with Crippen LogP contribution in [0.25, 0.3) is 0 Å². The van der Waals surface area contributed by atoms with E-state index in [-0.39, 0.29) is 24.0 Å². The molecule has 1 aliphatic rings. The van der Waals surface area contributed by atoms with Crippen LogP contribution in [0.5, 0.6) is 0 Å². The van der Waals surface area contributed by atoms with Gasteiger partial charge in [-0.25, -0.2) is 0 Å². The van der Waals surface area contributed by atoms with Crippen LogP contribution < -0.4 is 10.6 Å². The summed E-state index contributed by atoms with van der Waals surface area (Å²) in [5.74, 6) is 0.821. The van der Waals surface area contributed by atoms with Crippen LogP contribution in [0.2, 0.25) is 0 Å². The van der Waals surface area contributed by atoms with Crippen LogP contribution in [0.1, 0.15) is 52.9 Å². The Balaban J connectivity index is 0.00000289. The normalized spacial score (nSPS) is 20.1. The van der Waals surface area contributed by atoms with Crippen LogP contribution in [0.15, 0.2) is 4.99 Å². The highest BCUT2D eigenvalue weighted by Crippen LogP contribution is 2.29. The summed E-state index contributed by atoms with van der Waals surface area (Å²) in [5, 5.41) is 16.8. The molecule has 0 spiro atoms. The predicted octanol–water partition coefficient (Wildman–Crippen LogP) is 2.26. The molecule has 3 N–H and O–H groups in total. The summed E-state index contributed by atoms with van der Waals surface area (Å²) in [6.07, 6.45) is 5.09. The van der Waals surface area contributed by atoms with Gasteiger partial charge in [0.25, 0.3) is 0 Å². The molecule has 0 radical (unpaired) electrons. The largest absolute Gasteiger partial charge is 0.388 e. The smallest absolute Gasteiger partial charge is 0.191 e. The van der Waals surface area contributed by atoms with E-state index in [4.69, 9.17) is 0 Å². The molecule has 1 atom stereocenters. The van der Waals surface area contributed by atoms with Gasteiger partial charge in [0.05, 0.1) is 12.1 Å². The first kappa shape index (κ1) is 18.0. The first-order valence-corrected chi connectivity index (χ1v) is 6.87. The minimum atomic E-state index is -0.558. The molecule has 108 valence electrons. The third-order valence-electron chi connectivity index (χ3n) is 3.41. The van der Waals surface area contributed by atoms with E-state index in [2.05, 4.69) is 36.4 Å². The Kier molecular flexibility index (Phi) is 8.94. The quantitative estimate of drug-likeness (QED) is 0.396. The number of rotatable bonds is 5. The van der Waals surface area contributed by atoms with Gasteiger partial charge in [0.2, 0.25) is 0 Å². The van der Waals surface area contributed by atoms with Gasteiger partial charge in [-0.1, -0.05) is 19.8 Å². The third-order valence-corrected chi connectivity index (χ3v) is 3.41. The maximum Gasteiger partial charge on any atom is 0.191 e. The Morgan fingerprint density at radius 3 is 2.44 bits per heavy atom. The lowest BCUT2D eigenvalue weighted by atomic mass is 10.0. The van der Waals surface area contributed by atoms with Crippen LogP contribution in [0.3, 0.4) is 0 Å². The molecule has 1 aliphatic carbocycles. The summed E-state index contributed by atoms with van der Waals surface area (Å²) in [6.45, 7) is 7.69. The van der Waals surface area contributed by atoms with Crippen molar-refractivity contribution in [3.8, 4) is 0 Å². The zero-order chi connectivity index (χ0) is 12.7. The summed E-state index contributed by atoms with van der Waals surface area (Å²) in [7, 11) is 0. The molecule has 0 aromatic heterocycles. The summed E-state index contributed by atoms with van der Waals surface area (Å²) in [6, 6.07) is 0.408. The highest BCUT2D eigenvalue weighted by Gasteiger charge is 2.30. The molecule has 0 aromatic carbocycles. The van der Waals surface area contributed by atoms with Gasteiger partial charge in [-0.2, -0.15) is 0 Å². The highest BCUT2D eigenvalue weighted by molar-refractivity contribution is 14.0. The number of nitrogens with one attached hydrogen (secondary N) is 2. The van der Waals surface area contributed by atoms with E-state index in [9.17, 15) is 5.11 Å². The topological polar surface area (TPSA) is 56.7 Å². The Labute approximate surface area is 128 Å². The molecule has 5 heteroatoms. The summed E-state index contributed by atoms with van der Waals surface area (Å²) < 4.78 is 0.